The van der Waals surface area contributed by atoms with E-state index in [0.29, 0.717) is 5.57 Å². The SMILES string of the molecule is CC#C/C(C=N)=C/C=N\C. The van der Waals surface area contributed by atoms with Gasteiger partial charge >= 0.3 is 0 Å². The second kappa shape index (κ2) is 5.77. The molecular formula is C8H10N2. The summed E-state index contributed by atoms with van der Waals surface area (Å²) in [6.07, 6.45) is 4.52. The number of aliphatic imine (C=N–C) groups is 1. The van der Waals surface area contributed by atoms with Crippen LogP contribution in [0.2, 0.25) is 0 Å². The summed E-state index contributed by atoms with van der Waals surface area (Å²) in [6, 6.07) is 0. The molecule has 2 heteroatoms. The number of nitrogens with zero attached hydrogens (tertiary/aromatic N) is 1. The zero-order valence-electron chi connectivity index (χ0n) is 6.18. The van der Waals surface area contributed by atoms with E-state index in [1.165, 1.54) is 6.21 Å². The Kier molecular flexibility index (Phi) is 4.99. The molecule has 0 aromatic heterocycles. The summed E-state index contributed by atoms with van der Waals surface area (Å²) >= 11 is 0. The van der Waals surface area contributed by atoms with E-state index >= 15 is 0 Å². The molecule has 0 bridgehead atoms. The van der Waals surface area contributed by atoms with Crippen LogP contribution in [0.1, 0.15) is 6.92 Å². The third kappa shape index (κ3) is 3.62. The molecule has 0 aromatic rings. The lowest BCUT2D eigenvalue weighted by Crippen LogP contribution is -1.78. The normalized spacial score (nSPS) is 10.8. The Balaban J connectivity index is 4.28. The van der Waals surface area contributed by atoms with Crippen molar-refractivity contribution in [3.63, 3.8) is 0 Å². The van der Waals surface area contributed by atoms with Gasteiger partial charge in [-0.05, 0) is 13.0 Å². The molecule has 0 saturated heterocycles. The van der Waals surface area contributed by atoms with Gasteiger partial charge in [0.2, 0.25) is 0 Å². The predicted molar refractivity (Wildman–Crippen MR) is 44.7 cm³/mol. The quantitative estimate of drug-likeness (QED) is 0.436. The third-order valence-electron chi connectivity index (χ3n) is 0.828. The summed E-state index contributed by atoms with van der Waals surface area (Å²) in [5, 5.41) is 6.88. The highest BCUT2D eigenvalue weighted by atomic mass is 14.6. The highest BCUT2D eigenvalue weighted by Crippen LogP contribution is 1.83. The van der Waals surface area contributed by atoms with E-state index in [-0.39, 0.29) is 0 Å². The molecule has 0 radical (unpaired) electrons. The van der Waals surface area contributed by atoms with Crippen molar-refractivity contribution in [2.24, 2.45) is 4.99 Å². The molecule has 0 aliphatic carbocycles. The Morgan fingerprint density at radius 3 is 2.70 bits per heavy atom. The minimum absolute atomic E-state index is 0.674. The van der Waals surface area contributed by atoms with E-state index < -0.39 is 0 Å². The highest BCUT2D eigenvalue weighted by molar-refractivity contribution is 5.89. The predicted octanol–water partition coefficient (Wildman–Crippen LogP) is 1.29. The van der Waals surface area contributed by atoms with Crippen molar-refractivity contribution in [2.45, 2.75) is 6.92 Å². The minimum Gasteiger partial charge on any atom is -0.307 e. The van der Waals surface area contributed by atoms with E-state index in [9.17, 15) is 0 Å². The van der Waals surface area contributed by atoms with Crippen molar-refractivity contribution in [1.29, 1.82) is 5.41 Å². The second-order valence-corrected chi connectivity index (χ2v) is 1.55. The van der Waals surface area contributed by atoms with Crippen LogP contribution in [0.5, 0.6) is 0 Å². The maximum absolute atomic E-state index is 6.88. The van der Waals surface area contributed by atoms with Gasteiger partial charge in [0.1, 0.15) is 0 Å². The fourth-order valence-corrected chi connectivity index (χ4v) is 0.425. The fraction of sp³-hybridized carbons (Fsp3) is 0.250. The average Bonchev–Trinajstić information content (AvgIpc) is 1.98. The van der Waals surface area contributed by atoms with E-state index in [4.69, 9.17) is 5.41 Å². The molecule has 0 aliphatic heterocycles. The van der Waals surface area contributed by atoms with Crippen LogP contribution in [0.3, 0.4) is 0 Å². The molecule has 52 valence electrons. The molecule has 10 heavy (non-hydrogen) atoms. The van der Waals surface area contributed by atoms with E-state index in [1.54, 1.807) is 26.3 Å². The summed E-state index contributed by atoms with van der Waals surface area (Å²) in [7, 11) is 1.68. The van der Waals surface area contributed by atoms with Crippen LogP contribution in [0.15, 0.2) is 16.6 Å². The van der Waals surface area contributed by atoms with E-state index in [1.807, 2.05) is 0 Å². The van der Waals surface area contributed by atoms with Crippen LogP contribution in [0, 0.1) is 17.3 Å². The Morgan fingerprint density at radius 1 is 1.60 bits per heavy atom. The molecule has 2 nitrogen and oxygen atoms in total. The summed E-state index contributed by atoms with van der Waals surface area (Å²) in [6.45, 7) is 1.74. The molecule has 1 N–H and O–H groups in total. The molecule has 0 aromatic carbocycles. The third-order valence-corrected chi connectivity index (χ3v) is 0.828. The van der Waals surface area contributed by atoms with Crippen molar-refractivity contribution in [1.82, 2.24) is 0 Å². The van der Waals surface area contributed by atoms with E-state index in [0.717, 1.165) is 0 Å². The van der Waals surface area contributed by atoms with Gasteiger partial charge in [-0.25, -0.2) is 0 Å². The molecule has 0 aliphatic rings. The van der Waals surface area contributed by atoms with Crippen LogP contribution in [-0.4, -0.2) is 19.5 Å². The van der Waals surface area contributed by atoms with Crippen molar-refractivity contribution >= 4 is 12.4 Å². The van der Waals surface area contributed by atoms with Crippen LogP contribution < -0.4 is 0 Å². The molecule has 0 spiro atoms. The van der Waals surface area contributed by atoms with Gasteiger partial charge in [-0.2, -0.15) is 0 Å². The van der Waals surface area contributed by atoms with Gasteiger partial charge < -0.3 is 5.41 Å². The zero-order valence-corrected chi connectivity index (χ0v) is 6.18. The number of nitrogens with one attached hydrogen (secondary N) is 1. The van der Waals surface area contributed by atoms with Gasteiger partial charge in [0.05, 0.1) is 0 Å². The Labute approximate surface area is 61.2 Å². The first-order valence-corrected chi connectivity index (χ1v) is 2.90. The Hall–Kier alpha value is -1.36. The smallest absolute Gasteiger partial charge is 0.0436 e. The molecule has 0 fully saturated rings. The monoisotopic (exact) mass is 134 g/mol. The van der Waals surface area contributed by atoms with Crippen LogP contribution in [-0.2, 0) is 0 Å². The first kappa shape index (κ1) is 8.64. The van der Waals surface area contributed by atoms with Crippen LogP contribution in [0.25, 0.3) is 0 Å². The Morgan fingerprint density at radius 2 is 2.30 bits per heavy atom. The molecule has 0 unspecified atom stereocenters. The largest absolute Gasteiger partial charge is 0.307 e. The standard InChI is InChI=1S/C8H10N2/c1-3-4-8(7-9)5-6-10-2/h5-7,9H,1-2H3/b8-5-,9-7?,10-6-. The first-order valence-electron chi connectivity index (χ1n) is 2.90. The second-order valence-electron chi connectivity index (χ2n) is 1.55. The van der Waals surface area contributed by atoms with Gasteiger partial charge in [-0.3, -0.25) is 4.99 Å². The molecular weight excluding hydrogens is 124 g/mol. The average molecular weight is 134 g/mol. The Bertz CT molecular complexity index is 213. The summed E-state index contributed by atoms with van der Waals surface area (Å²) in [4.78, 5) is 3.73. The molecule has 0 rings (SSSR count). The van der Waals surface area contributed by atoms with Crippen LogP contribution in [0.4, 0.5) is 0 Å². The molecule has 0 saturated carbocycles. The zero-order chi connectivity index (χ0) is 7.82. The van der Waals surface area contributed by atoms with Gasteiger partial charge in [-0.1, -0.05) is 5.92 Å². The van der Waals surface area contributed by atoms with Crippen LogP contribution >= 0.6 is 0 Å². The van der Waals surface area contributed by atoms with Crippen molar-refractivity contribution in [3.05, 3.63) is 11.6 Å². The summed E-state index contributed by atoms with van der Waals surface area (Å²) in [5.74, 6) is 5.44. The first-order chi connectivity index (χ1) is 4.85. The maximum Gasteiger partial charge on any atom is 0.0436 e. The molecule has 0 atom stereocenters. The fourth-order valence-electron chi connectivity index (χ4n) is 0.425. The van der Waals surface area contributed by atoms with Gasteiger partial charge in [-0.15, -0.1) is 5.92 Å². The van der Waals surface area contributed by atoms with Crippen molar-refractivity contribution in [2.75, 3.05) is 7.05 Å². The molecule has 0 heterocycles. The highest BCUT2D eigenvalue weighted by Gasteiger charge is 1.79. The minimum atomic E-state index is 0.674. The van der Waals surface area contributed by atoms with Crippen molar-refractivity contribution in [3.8, 4) is 11.8 Å². The lowest BCUT2D eigenvalue weighted by Gasteiger charge is -1.80. The number of rotatable bonds is 2. The van der Waals surface area contributed by atoms with Gasteiger partial charge in [0.15, 0.2) is 0 Å². The van der Waals surface area contributed by atoms with Crippen molar-refractivity contribution < 1.29 is 0 Å². The number of hydrogen-bond donors (Lipinski definition) is 1. The van der Waals surface area contributed by atoms with E-state index in [2.05, 4.69) is 16.8 Å². The summed E-state index contributed by atoms with van der Waals surface area (Å²) < 4.78 is 0. The molecule has 0 amide bonds. The summed E-state index contributed by atoms with van der Waals surface area (Å²) in [5.41, 5.74) is 0.674. The lowest BCUT2D eigenvalue weighted by atomic mass is 10.3. The number of allylic oxidation sites excluding steroid dienone is 2. The maximum atomic E-state index is 6.88. The lowest BCUT2D eigenvalue weighted by molar-refractivity contribution is 1.47. The van der Waals surface area contributed by atoms with Gasteiger partial charge in [0.25, 0.3) is 0 Å². The van der Waals surface area contributed by atoms with Gasteiger partial charge in [0, 0.05) is 25.0 Å². The number of hydrogen-bond acceptors (Lipinski definition) is 2. The topological polar surface area (TPSA) is 36.2 Å².